The average molecular weight is 262 g/mol. The lowest BCUT2D eigenvalue weighted by Gasteiger charge is -1.95. The van der Waals surface area contributed by atoms with Gasteiger partial charge in [-0.15, -0.1) is 5.10 Å². The summed E-state index contributed by atoms with van der Waals surface area (Å²) >= 11 is 5.50. The Bertz CT molecular complexity index is 161. The normalized spacial score (nSPS) is 8.38. The Kier molecular flexibility index (Phi) is 22.5. The van der Waals surface area contributed by atoms with Gasteiger partial charge < -0.3 is 4.79 Å². The maximum atomic E-state index is 8.00. The van der Waals surface area contributed by atoms with E-state index in [0.29, 0.717) is 0 Å². The Morgan fingerprint density at radius 2 is 1.81 bits per heavy atom. The van der Waals surface area contributed by atoms with E-state index in [2.05, 4.69) is 29.1 Å². The van der Waals surface area contributed by atoms with Crippen molar-refractivity contribution in [2.45, 2.75) is 45.4 Å². The van der Waals surface area contributed by atoms with E-state index >= 15 is 0 Å². The molecule has 0 unspecified atom stereocenters. The first-order valence-electron chi connectivity index (χ1n) is 5.52. The van der Waals surface area contributed by atoms with Crippen molar-refractivity contribution in [3.63, 3.8) is 0 Å². The molecule has 0 saturated carbocycles. The second-order valence-electron chi connectivity index (χ2n) is 3.08. The van der Waals surface area contributed by atoms with Crippen molar-refractivity contribution >= 4 is 31.0 Å². The van der Waals surface area contributed by atoms with E-state index in [0.717, 1.165) is 5.75 Å². The summed E-state index contributed by atoms with van der Waals surface area (Å²) < 4.78 is 3.51. The Hall–Kier alpha value is -0.420. The molecule has 94 valence electrons. The highest BCUT2D eigenvalue weighted by Crippen LogP contribution is 2.04. The van der Waals surface area contributed by atoms with Crippen LogP contribution in [0.2, 0.25) is 0 Å². The Morgan fingerprint density at radius 1 is 1.19 bits per heavy atom. The Labute approximate surface area is 108 Å². The molecule has 1 aromatic rings. The summed E-state index contributed by atoms with van der Waals surface area (Å²) in [6.45, 7) is 4.25. The second kappa shape index (κ2) is 20.1. The number of carbonyl (C=O) groups is 1. The zero-order chi connectivity index (χ0) is 12.5. The maximum Gasteiger partial charge on any atom is 0.106 e. The van der Waals surface area contributed by atoms with E-state index in [9.17, 15) is 0 Å². The van der Waals surface area contributed by atoms with Crippen molar-refractivity contribution in [2.75, 3.05) is 5.75 Å². The van der Waals surface area contributed by atoms with Crippen LogP contribution in [0.1, 0.15) is 45.4 Å². The molecule has 0 aliphatic heterocycles. The standard InChI is InChI=1S/C8H18S.C2H2N2S.CH2O/c1-2-3-4-5-6-7-8-9;1-2-5-4-3-1;1-2/h9H,2-8H2,1H3;1-2H;1H2. The van der Waals surface area contributed by atoms with Crippen molar-refractivity contribution in [2.24, 2.45) is 0 Å². The summed E-state index contributed by atoms with van der Waals surface area (Å²) in [5.41, 5.74) is 0. The Balaban J connectivity index is 0. The molecular formula is C11H22N2OS2. The molecule has 0 saturated heterocycles. The summed E-state index contributed by atoms with van der Waals surface area (Å²) in [7, 11) is 0. The summed E-state index contributed by atoms with van der Waals surface area (Å²) in [5.74, 6) is 1.06. The number of aromatic nitrogens is 2. The van der Waals surface area contributed by atoms with Crippen molar-refractivity contribution in [3.8, 4) is 0 Å². The Morgan fingerprint density at radius 3 is 2.19 bits per heavy atom. The van der Waals surface area contributed by atoms with Crippen molar-refractivity contribution in [3.05, 3.63) is 11.6 Å². The topological polar surface area (TPSA) is 42.9 Å². The van der Waals surface area contributed by atoms with Crippen LogP contribution < -0.4 is 0 Å². The zero-order valence-corrected chi connectivity index (χ0v) is 11.7. The summed E-state index contributed by atoms with van der Waals surface area (Å²) in [5, 5.41) is 5.31. The van der Waals surface area contributed by atoms with Crippen LogP contribution in [0.3, 0.4) is 0 Å². The number of carbonyl (C=O) groups excluding carboxylic acids is 1. The van der Waals surface area contributed by atoms with Crippen LogP contribution in [0.5, 0.6) is 0 Å². The zero-order valence-electron chi connectivity index (χ0n) is 9.97. The second-order valence-corrected chi connectivity index (χ2v) is 4.17. The fourth-order valence-corrected chi connectivity index (χ4v) is 1.52. The highest BCUT2D eigenvalue weighted by Gasteiger charge is 1.86. The van der Waals surface area contributed by atoms with Crippen LogP contribution in [0, 0.1) is 0 Å². The quantitative estimate of drug-likeness (QED) is 0.629. The molecule has 0 bridgehead atoms. The molecule has 1 rings (SSSR count). The van der Waals surface area contributed by atoms with Gasteiger partial charge in [0, 0.05) is 5.38 Å². The smallest absolute Gasteiger partial charge is 0.106 e. The molecule has 0 aliphatic rings. The molecule has 0 aromatic carbocycles. The monoisotopic (exact) mass is 262 g/mol. The van der Waals surface area contributed by atoms with Crippen LogP contribution in [0.4, 0.5) is 0 Å². The number of thiol groups is 1. The van der Waals surface area contributed by atoms with Crippen LogP contribution in [0.15, 0.2) is 11.6 Å². The van der Waals surface area contributed by atoms with Crippen LogP contribution in [-0.4, -0.2) is 22.1 Å². The fourth-order valence-electron chi connectivity index (χ4n) is 1.03. The van der Waals surface area contributed by atoms with E-state index < -0.39 is 0 Å². The van der Waals surface area contributed by atoms with E-state index in [1.54, 1.807) is 6.20 Å². The van der Waals surface area contributed by atoms with Gasteiger partial charge in [0.1, 0.15) is 6.79 Å². The minimum absolute atomic E-state index is 1.06. The van der Waals surface area contributed by atoms with Crippen LogP contribution in [-0.2, 0) is 4.79 Å². The molecule has 0 amide bonds. The van der Waals surface area contributed by atoms with Gasteiger partial charge in [0.25, 0.3) is 0 Å². The van der Waals surface area contributed by atoms with Gasteiger partial charge in [-0.05, 0) is 23.7 Å². The van der Waals surface area contributed by atoms with E-state index in [-0.39, 0.29) is 0 Å². The van der Waals surface area contributed by atoms with Gasteiger partial charge in [0.15, 0.2) is 0 Å². The first-order chi connectivity index (χ1) is 7.91. The number of hydrogen-bond acceptors (Lipinski definition) is 5. The number of nitrogens with zero attached hydrogens (tertiary/aromatic N) is 2. The summed E-state index contributed by atoms with van der Waals surface area (Å²) in [4.78, 5) is 8.00. The van der Waals surface area contributed by atoms with Crippen LogP contribution >= 0.6 is 24.2 Å². The third kappa shape index (κ3) is 19.2. The van der Waals surface area contributed by atoms with Crippen molar-refractivity contribution in [1.29, 1.82) is 0 Å². The largest absolute Gasteiger partial charge is 0.307 e. The van der Waals surface area contributed by atoms with E-state index in [4.69, 9.17) is 4.79 Å². The third-order valence-corrected chi connectivity index (χ3v) is 2.54. The lowest BCUT2D eigenvalue weighted by Crippen LogP contribution is -1.78. The van der Waals surface area contributed by atoms with Gasteiger partial charge in [0.2, 0.25) is 0 Å². The third-order valence-electron chi connectivity index (χ3n) is 1.79. The first kappa shape index (κ1) is 18.0. The molecule has 3 nitrogen and oxygen atoms in total. The molecule has 16 heavy (non-hydrogen) atoms. The molecular weight excluding hydrogens is 240 g/mol. The molecule has 0 aliphatic carbocycles. The first-order valence-corrected chi connectivity index (χ1v) is 6.99. The average Bonchev–Trinajstić information content (AvgIpc) is 2.90. The number of rotatable bonds is 6. The molecule has 0 fully saturated rings. The molecule has 0 radical (unpaired) electrons. The fraction of sp³-hybridized carbons (Fsp3) is 0.727. The molecule has 1 aromatic heterocycles. The number of unbranched alkanes of at least 4 members (excludes halogenated alkanes) is 5. The highest BCUT2D eigenvalue weighted by atomic mass is 32.1. The molecule has 0 atom stereocenters. The van der Waals surface area contributed by atoms with Gasteiger partial charge in [-0.25, -0.2) is 0 Å². The van der Waals surface area contributed by atoms with Gasteiger partial charge >= 0.3 is 0 Å². The lowest BCUT2D eigenvalue weighted by molar-refractivity contribution is -0.0979. The summed E-state index contributed by atoms with van der Waals surface area (Å²) in [6.07, 6.45) is 9.92. The predicted molar refractivity (Wildman–Crippen MR) is 74.3 cm³/mol. The van der Waals surface area contributed by atoms with Crippen LogP contribution in [0.25, 0.3) is 0 Å². The molecule has 0 N–H and O–H groups in total. The molecule has 1 heterocycles. The molecule has 0 spiro atoms. The maximum absolute atomic E-state index is 8.00. The predicted octanol–water partition coefficient (Wildman–Crippen LogP) is 3.63. The SMILES string of the molecule is C=O.CCCCCCCCS.c1csnn1. The van der Waals surface area contributed by atoms with Crippen molar-refractivity contribution in [1.82, 2.24) is 9.59 Å². The van der Waals surface area contributed by atoms with E-state index in [1.165, 1.54) is 50.1 Å². The van der Waals surface area contributed by atoms with E-state index in [1.807, 2.05) is 12.2 Å². The minimum atomic E-state index is 1.06. The van der Waals surface area contributed by atoms with Crippen molar-refractivity contribution < 1.29 is 4.79 Å². The summed E-state index contributed by atoms with van der Waals surface area (Å²) in [6, 6.07) is 0. The minimum Gasteiger partial charge on any atom is -0.307 e. The van der Waals surface area contributed by atoms with Gasteiger partial charge in [0.05, 0.1) is 6.20 Å². The number of hydrogen-bond donors (Lipinski definition) is 1. The van der Waals surface area contributed by atoms with Gasteiger partial charge in [-0.3, -0.25) is 0 Å². The van der Waals surface area contributed by atoms with Gasteiger partial charge in [-0.2, -0.15) is 12.6 Å². The lowest BCUT2D eigenvalue weighted by atomic mass is 10.1. The molecule has 5 heteroatoms. The van der Waals surface area contributed by atoms with Gasteiger partial charge in [-0.1, -0.05) is 43.5 Å². The highest BCUT2D eigenvalue weighted by molar-refractivity contribution is 7.80.